The molecule has 0 bridgehead atoms. The number of carboxylic acid groups (broad SMARTS) is 1. The van der Waals surface area contributed by atoms with Crippen LogP contribution in [0.4, 0.5) is 5.69 Å². The van der Waals surface area contributed by atoms with Gasteiger partial charge in [-0.3, -0.25) is 14.4 Å². The van der Waals surface area contributed by atoms with Crippen LogP contribution in [0.2, 0.25) is 0 Å². The van der Waals surface area contributed by atoms with Gasteiger partial charge < -0.3 is 20.5 Å². The Labute approximate surface area is 156 Å². The molecule has 1 unspecified atom stereocenters. The number of benzene rings is 2. The number of amides is 2. The van der Waals surface area contributed by atoms with E-state index >= 15 is 0 Å². The third-order valence-corrected chi connectivity index (χ3v) is 4.76. The number of aliphatic carboxylic acids is 1. The van der Waals surface area contributed by atoms with Crippen molar-refractivity contribution in [3.8, 4) is 5.75 Å². The SMILES string of the molecule is CCC(CNC(=O)c1ccc2c(c1)NC(=O)CO2)(C(=O)O)c1ccccc1. The lowest BCUT2D eigenvalue weighted by Gasteiger charge is -2.29. The van der Waals surface area contributed by atoms with Gasteiger partial charge >= 0.3 is 5.97 Å². The maximum absolute atomic E-state index is 12.6. The predicted octanol–water partition coefficient (Wildman–Crippen LogP) is 2.18. The maximum Gasteiger partial charge on any atom is 0.315 e. The normalized spacial score (nSPS) is 14.9. The first-order chi connectivity index (χ1) is 13.0. The highest BCUT2D eigenvalue weighted by atomic mass is 16.5. The highest BCUT2D eigenvalue weighted by Gasteiger charge is 2.39. The number of hydrogen-bond acceptors (Lipinski definition) is 4. The average molecular weight is 368 g/mol. The van der Waals surface area contributed by atoms with Gasteiger partial charge in [-0.15, -0.1) is 0 Å². The molecule has 2 amide bonds. The lowest BCUT2D eigenvalue weighted by Crippen LogP contribution is -2.46. The van der Waals surface area contributed by atoms with Crippen molar-refractivity contribution in [3.63, 3.8) is 0 Å². The van der Waals surface area contributed by atoms with Crippen LogP contribution in [0.1, 0.15) is 29.3 Å². The first-order valence-corrected chi connectivity index (χ1v) is 8.60. The van der Waals surface area contributed by atoms with Gasteiger partial charge in [0.2, 0.25) is 0 Å². The number of carboxylic acids is 1. The molecule has 7 nitrogen and oxygen atoms in total. The van der Waals surface area contributed by atoms with Gasteiger partial charge in [-0.1, -0.05) is 37.3 Å². The van der Waals surface area contributed by atoms with Crippen molar-refractivity contribution in [2.75, 3.05) is 18.5 Å². The van der Waals surface area contributed by atoms with E-state index in [1.54, 1.807) is 43.3 Å². The van der Waals surface area contributed by atoms with Gasteiger partial charge in [0.1, 0.15) is 11.2 Å². The van der Waals surface area contributed by atoms with Crippen LogP contribution in [0, 0.1) is 0 Å². The molecule has 3 N–H and O–H groups in total. The van der Waals surface area contributed by atoms with E-state index in [2.05, 4.69) is 10.6 Å². The number of fused-ring (bicyclic) bond motifs is 1. The number of ether oxygens (including phenoxy) is 1. The summed E-state index contributed by atoms with van der Waals surface area (Å²) < 4.78 is 5.27. The maximum atomic E-state index is 12.6. The molecular formula is C20H20N2O5. The van der Waals surface area contributed by atoms with E-state index in [0.717, 1.165) is 0 Å². The second kappa shape index (κ2) is 7.49. The van der Waals surface area contributed by atoms with Gasteiger partial charge in [-0.05, 0) is 30.2 Å². The Kier molecular flexibility index (Phi) is 5.12. The minimum absolute atomic E-state index is 0.0539. The summed E-state index contributed by atoms with van der Waals surface area (Å²) in [6.45, 7) is 1.66. The van der Waals surface area contributed by atoms with E-state index in [-0.39, 0.29) is 19.1 Å². The van der Waals surface area contributed by atoms with Gasteiger partial charge in [0.15, 0.2) is 6.61 Å². The van der Waals surface area contributed by atoms with E-state index in [1.165, 1.54) is 6.07 Å². The van der Waals surface area contributed by atoms with E-state index in [4.69, 9.17) is 4.74 Å². The molecule has 0 spiro atoms. The lowest BCUT2D eigenvalue weighted by atomic mass is 9.78. The summed E-state index contributed by atoms with van der Waals surface area (Å²) in [6.07, 6.45) is 0.320. The predicted molar refractivity (Wildman–Crippen MR) is 98.9 cm³/mol. The zero-order valence-corrected chi connectivity index (χ0v) is 14.8. The minimum atomic E-state index is -1.22. The fraction of sp³-hybridized carbons (Fsp3) is 0.250. The summed E-state index contributed by atoms with van der Waals surface area (Å²) in [4.78, 5) is 36.0. The molecule has 27 heavy (non-hydrogen) atoms. The molecule has 0 saturated carbocycles. The monoisotopic (exact) mass is 368 g/mol. The molecular weight excluding hydrogens is 348 g/mol. The molecule has 140 valence electrons. The molecule has 2 aromatic carbocycles. The van der Waals surface area contributed by atoms with E-state index < -0.39 is 17.3 Å². The van der Waals surface area contributed by atoms with Crippen LogP contribution in [0.5, 0.6) is 5.75 Å². The molecule has 1 aliphatic rings. The molecule has 0 aliphatic carbocycles. The summed E-state index contributed by atoms with van der Waals surface area (Å²) in [5, 5.41) is 15.2. The number of rotatable bonds is 6. The van der Waals surface area contributed by atoms with Gasteiger partial charge in [0, 0.05) is 12.1 Å². The molecule has 1 atom stereocenters. The first kappa shape index (κ1) is 18.4. The molecule has 2 aromatic rings. The van der Waals surface area contributed by atoms with Crippen LogP contribution in [0.15, 0.2) is 48.5 Å². The first-order valence-electron chi connectivity index (χ1n) is 8.60. The molecule has 0 aromatic heterocycles. The van der Waals surface area contributed by atoms with E-state index in [9.17, 15) is 19.5 Å². The van der Waals surface area contributed by atoms with Crippen molar-refractivity contribution < 1.29 is 24.2 Å². The Hall–Kier alpha value is -3.35. The molecule has 0 fully saturated rings. The van der Waals surface area contributed by atoms with Gasteiger partial charge in [0.25, 0.3) is 11.8 Å². The third-order valence-electron chi connectivity index (χ3n) is 4.76. The Morgan fingerprint density at radius 1 is 1.22 bits per heavy atom. The van der Waals surface area contributed by atoms with Crippen LogP contribution >= 0.6 is 0 Å². The zero-order valence-electron chi connectivity index (χ0n) is 14.8. The summed E-state index contributed by atoms with van der Waals surface area (Å²) in [5.41, 5.74) is 0.138. The Morgan fingerprint density at radius 2 is 1.96 bits per heavy atom. The van der Waals surface area contributed by atoms with Crippen molar-refractivity contribution in [1.82, 2.24) is 5.32 Å². The number of anilines is 1. The summed E-state index contributed by atoms with van der Waals surface area (Å²) in [7, 11) is 0. The number of nitrogens with one attached hydrogen (secondary N) is 2. The lowest BCUT2D eigenvalue weighted by molar-refractivity contribution is -0.143. The molecule has 3 rings (SSSR count). The van der Waals surface area contributed by atoms with Crippen molar-refractivity contribution >= 4 is 23.5 Å². The quantitative estimate of drug-likeness (QED) is 0.725. The fourth-order valence-corrected chi connectivity index (χ4v) is 3.10. The number of carbonyl (C=O) groups is 3. The Morgan fingerprint density at radius 3 is 2.63 bits per heavy atom. The zero-order chi connectivity index (χ0) is 19.4. The van der Waals surface area contributed by atoms with Gasteiger partial charge in [0.05, 0.1) is 5.69 Å². The van der Waals surface area contributed by atoms with Crippen LogP contribution in [-0.4, -0.2) is 36.0 Å². The average Bonchev–Trinajstić information content (AvgIpc) is 2.68. The van der Waals surface area contributed by atoms with Crippen molar-refractivity contribution in [1.29, 1.82) is 0 Å². The standard InChI is InChI=1S/C20H20N2O5/c1-2-20(19(25)26,14-6-4-3-5-7-14)12-21-18(24)13-8-9-16-15(10-13)22-17(23)11-27-16/h3-10H,2,11-12H2,1H3,(H,21,24)(H,22,23)(H,25,26). The minimum Gasteiger partial charge on any atom is -0.482 e. The van der Waals surface area contributed by atoms with Crippen LogP contribution < -0.4 is 15.4 Å². The largest absolute Gasteiger partial charge is 0.482 e. The highest BCUT2D eigenvalue weighted by molar-refractivity contribution is 6.00. The van der Waals surface area contributed by atoms with Gasteiger partial charge in [-0.2, -0.15) is 0 Å². The molecule has 0 radical (unpaired) electrons. The molecule has 0 saturated heterocycles. The summed E-state index contributed by atoms with van der Waals surface area (Å²) in [5.74, 6) is -1.22. The van der Waals surface area contributed by atoms with Crippen molar-refractivity contribution in [2.24, 2.45) is 0 Å². The second-order valence-electron chi connectivity index (χ2n) is 6.34. The second-order valence-corrected chi connectivity index (χ2v) is 6.34. The van der Waals surface area contributed by atoms with Crippen LogP contribution in [-0.2, 0) is 15.0 Å². The van der Waals surface area contributed by atoms with Crippen molar-refractivity contribution in [3.05, 3.63) is 59.7 Å². The number of carbonyl (C=O) groups excluding carboxylic acids is 2. The van der Waals surface area contributed by atoms with Crippen LogP contribution in [0.25, 0.3) is 0 Å². The molecule has 7 heteroatoms. The summed E-state index contributed by atoms with van der Waals surface area (Å²) in [6, 6.07) is 13.5. The summed E-state index contributed by atoms with van der Waals surface area (Å²) >= 11 is 0. The Balaban J connectivity index is 1.80. The van der Waals surface area contributed by atoms with Crippen molar-refractivity contribution in [2.45, 2.75) is 18.8 Å². The third kappa shape index (κ3) is 3.62. The van der Waals surface area contributed by atoms with Crippen LogP contribution in [0.3, 0.4) is 0 Å². The smallest absolute Gasteiger partial charge is 0.315 e. The Bertz CT molecular complexity index is 881. The van der Waals surface area contributed by atoms with E-state index in [1.807, 2.05) is 6.07 Å². The molecule has 1 aliphatic heterocycles. The van der Waals surface area contributed by atoms with E-state index in [0.29, 0.717) is 29.0 Å². The fourth-order valence-electron chi connectivity index (χ4n) is 3.10. The molecule has 1 heterocycles. The topological polar surface area (TPSA) is 105 Å². The highest BCUT2D eigenvalue weighted by Crippen LogP contribution is 2.30. The van der Waals surface area contributed by atoms with Gasteiger partial charge in [-0.25, -0.2) is 0 Å². The number of hydrogen-bond donors (Lipinski definition) is 3.